The second-order valence-corrected chi connectivity index (χ2v) is 13.7. The average Bonchev–Trinajstić information content (AvgIpc) is 2.70. The number of methoxy groups -OCH3 is 1. The molecule has 7 nitrogen and oxygen atoms in total. The third-order valence-corrected chi connectivity index (χ3v) is 10.1. The molecule has 30 heavy (non-hydrogen) atoms. The van der Waals surface area contributed by atoms with Crippen LogP contribution in [-0.2, 0) is 21.3 Å². The van der Waals surface area contributed by atoms with Crippen LogP contribution in [0.5, 0.6) is 5.75 Å². The number of rotatable bonds is 10. The van der Waals surface area contributed by atoms with Crippen molar-refractivity contribution in [1.29, 1.82) is 0 Å². The predicted octanol–water partition coefficient (Wildman–Crippen LogP) is 4.30. The zero-order chi connectivity index (χ0) is 22.5. The van der Waals surface area contributed by atoms with Crippen LogP contribution in [0, 0.1) is 6.92 Å². The van der Waals surface area contributed by atoms with Crippen molar-refractivity contribution in [3.63, 3.8) is 0 Å². The Kier molecular flexibility index (Phi) is 9.13. The van der Waals surface area contributed by atoms with Gasteiger partial charge in [0.25, 0.3) is 0 Å². The molecule has 0 spiro atoms. The summed E-state index contributed by atoms with van der Waals surface area (Å²) < 4.78 is 40.0. The smallest absolute Gasteiger partial charge is 0.223 e. The van der Waals surface area contributed by atoms with E-state index in [1.165, 1.54) is 4.08 Å². The summed E-state index contributed by atoms with van der Waals surface area (Å²) in [6.07, 6.45) is 2.34. The molecular weight excluding hydrogens is 440 g/mol. The molecule has 2 aromatic rings. The minimum absolute atomic E-state index is 0.162. The van der Waals surface area contributed by atoms with Crippen LogP contribution >= 0.6 is 16.7 Å². The number of sulfonamides is 1. The maximum absolute atomic E-state index is 13.6. The molecule has 0 saturated carbocycles. The zero-order valence-electron chi connectivity index (χ0n) is 18.3. The topological polar surface area (TPSA) is 81.6 Å². The highest BCUT2D eigenvalue weighted by atomic mass is 32.2. The van der Waals surface area contributed by atoms with Gasteiger partial charge in [0.2, 0.25) is 10.0 Å². The molecule has 0 saturated heterocycles. The lowest BCUT2D eigenvalue weighted by Crippen LogP contribution is -2.38. The Morgan fingerprint density at radius 1 is 1.13 bits per heavy atom. The summed E-state index contributed by atoms with van der Waals surface area (Å²) in [5.74, 6) is 0.731. The van der Waals surface area contributed by atoms with Gasteiger partial charge in [-0.05, 0) is 59.8 Å². The lowest BCUT2D eigenvalue weighted by Gasteiger charge is -2.32. The van der Waals surface area contributed by atoms with Crippen molar-refractivity contribution in [3.05, 3.63) is 53.6 Å². The summed E-state index contributed by atoms with van der Waals surface area (Å²) in [5.41, 5.74) is 2.17. The lowest BCUT2D eigenvalue weighted by molar-refractivity contribution is 0.00338. The Morgan fingerprint density at radius 3 is 2.23 bits per heavy atom. The maximum atomic E-state index is 13.6. The molecule has 1 heterocycles. The number of hydrogen-bond acceptors (Lipinski definition) is 6. The van der Waals surface area contributed by atoms with Crippen LogP contribution < -0.4 is 4.74 Å². The van der Waals surface area contributed by atoms with E-state index < -0.39 is 29.1 Å². The highest BCUT2D eigenvalue weighted by Gasteiger charge is 2.38. The number of aromatic nitrogens is 2. The van der Waals surface area contributed by atoms with Crippen LogP contribution in [-0.4, -0.2) is 47.6 Å². The van der Waals surface area contributed by atoms with Gasteiger partial charge in [-0.15, -0.1) is 0 Å². The van der Waals surface area contributed by atoms with E-state index in [1.807, 2.05) is 51.7 Å². The van der Waals surface area contributed by atoms with Gasteiger partial charge in [-0.1, -0.05) is 21.1 Å². The van der Waals surface area contributed by atoms with Gasteiger partial charge in [0.05, 0.1) is 30.8 Å². The third-order valence-electron chi connectivity index (χ3n) is 4.53. The average molecular weight is 472 g/mol. The Morgan fingerprint density at radius 2 is 1.77 bits per heavy atom. The number of ether oxygens (including phenoxy) is 2. The van der Waals surface area contributed by atoms with Crippen LogP contribution in [0.4, 0.5) is 0 Å². The molecule has 0 N–H and O–H groups in total. The number of aryl methyl sites for hydroxylation is 1. The molecule has 0 aliphatic rings. The summed E-state index contributed by atoms with van der Waals surface area (Å²) in [6, 6.07) is 7.42. The molecule has 0 amide bonds. The molecule has 1 aromatic heterocycles. The summed E-state index contributed by atoms with van der Waals surface area (Å²) in [4.78, 5) is 8.66. The highest BCUT2D eigenvalue weighted by molar-refractivity contribution is 8.16. The van der Waals surface area contributed by atoms with Gasteiger partial charge in [-0.25, -0.2) is 8.42 Å². The molecule has 0 fully saturated rings. The first kappa shape index (κ1) is 25.1. The van der Waals surface area contributed by atoms with Crippen LogP contribution in [0.15, 0.2) is 36.7 Å². The van der Waals surface area contributed by atoms with Crippen molar-refractivity contribution in [3.8, 4) is 5.75 Å². The summed E-state index contributed by atoms with van der Waals surface area (Å²) >= 11 is 0. The van der Waals surface area contributed by atoms with Crippen molar-refractivity contribution < 1.29 is 17.9 Å². The van der Waals surface area contributed by atoms with E-state index in [2.05, 4.69) is 18.9 Å². The van der Waals surface area contributed by atoms with Crippen LogP contribution in [0.1, 0.15) is 43.8 Å². The summed E-state index contributed by atoms with van der Waals surface area (Å²) in [7, 11) is -0.459. The van der Waals surface area contributed by atoms with Crippen molar-refractivity contribution in [1.82, 2.24) is 14.0 Å². The van der Waals surface area contributed by atoms with Crippen LogP contribution in [0.3, 0.4) is 0 Å². The van der Waals surface area contributed by atoms with Gasteiger partial charge in [-0.3, -0.25) is 9.97 Å². The first-order valence-electron chi connectivity index (χ1n) is 9.63. The van der Waals surface area contributed by atoms with Crippen molar-refractivity contribution in [2.45, 2.75) is 51.7 Å². The van der Waals surface area contributed by atoms with Crippen molar-refractivity contribution in [2.75, 3.05) is 13.8 Å². The van der Waals surface area contributed by atoms with Gasteiger partial charge < -0.3 is 9.47 Å². The SMILES string of the molecule is COc1ccc(CN(P(C)P)S(=O)(=O)[C@@H](C)[C@@H](OC(C)C)c2cnc(C)cn2)cc1. The second-order valence-electron chi connectivity index (χ2n) is 7.34. The van der Waals surface area contributed by atoms with Crippen LogP contribution in [0.25, 0.3) is 0 Å². The van der Waals surface area contributed by atoms with Gasteiger partial charge in [-0.2, -0.15) is 4.08 Å². The Labute approximate surface area is 183 Å². The van der Waals surface area contributed by atoms with Crippen LogP contribution in [0.2, 0.25) is 0 Å². The molecule has 0 bridgehead atoms. The molecule has 4 atom stereocenters. The predicted molar refractivity (Wildman–Crippen MR) is 125 cm³/mol. The fourth-order valence-corrected chi connectivity index (χ4v) is 7.80. The van der Waals surface area contributed by atoms with Crippen molar-refractivity contribution in [2.24, 2.45) is 0 Å². The first-order chi connectivity index (χ1) is 14.1. The molecule has 0 aliphatic heterocycles. The summed E-state index contributed by atoms with van der Waals surface area (Å²) in [5, 5.41) is -0.833. The van der Waals surface area contributed by atoms with E-state index in [0.717, 1.165) is 17.0 Å². The quantitative estimate of drug-likeness (QED) is 0.481. The van der Waals surface area contributed by atoms with E-state index in [-0.39, 0.29) is 12.6 Å². The number of benzene rings is 1. The minimum atomic E-state index is -3.70. The number of nitrogens with zero attached hydrogens (tertiary/aromatic N) is 3. The second kappa shape index (κ2) is 10.9. The highest BCUT2D eigenvalue weighted by Crippen LogP contribution is 2.49. The third kappa shape index (κ3) is 6.41. The zero-order valence-corrected chi connectivity index (χ0v) is 21.2. The standard InChI is InChI=1S/C20H31N3O4P2S/c1-14(2)27-20(19-12-21-15(3)11-22-19)16(4)30(24,25)23(29(6)28)13-17-7-9-18(26-5)10-8-17/h7-12,14,16,20H,13,28H2,1-6H3/t16-,20+,29?/m0/s1. The summed E-state index contributed by atoms with van der Waals surface area (Å²) in [6.45, 7) is 9.45. The fourth-order valence-electron chi connectivity index (χ4n) is 2.88. The van der Waals surface area contributed by atoms with E-state index in [0.29, 0.717) is 5.69 Å². The molecule has 0 radical (unpaired) electrons. The van der Waals surface area contributed by atoms with Gasteiger partial charge in [0, 0.05) is 12.7 Å². The van der Waals surface area contributed by atoms with E-state index >= 15 is 0 Å². The van der Waals surface area contributed by atoms with E-state index in [4.69, 9.17) is 9.47 Å². The van der Waals surface area contributed by atoms with E-state index in [1.54, 1.807) is 26.4 Å². The molecule has 2 unspecified atom stereocenters. The largest absolute Gasteiger partial charge is 0.497 e. The molecular formula is C20H31N3O4P2S. The van der Waals surface area contributed by atoms with E-state index in [9.17, 15) is 8.42 Å². The molecule has 2 rings (SSSR count). The Bertz CT molecular complexity index is 907. The lowest BCUT2D eigenvalue weighted by atomic mass is 10.2. The monoisotopic (exact) mass is 471 g/mol. The van der Waals surface area contributed by atoms with Crippen molar-refractivity contribution >= 4 is 26.7 Å². The molecule has 0 aliphatic carbocycles. The van der Waals surface area contributed by atoms with Gasteiger partial charge in [0.15, 0.2) is 0 Å². The Hall–Kier alpha value is -1.17. The first-order valence-corrected chi connectivity index (χ1v) is 14.5. The molecule has 10 heteroatoms. The van der Waals surface area contributed by atoms with Gasteiger partial charge in [0.1, 0.15) is 17.1 Å². The maximum Gasteiger partial charge on any atom is 0.223 e. The minimum Gasteiger partial charge on any atom is -0.497 e. The fraction of sp³-hybridized carbons (Fsp3) is 0.500. The Balaban J connectivity index is 2.36. The molecule has 166 valence electrons. The normalized spacial score (nSPS) is 15.2. The number of hydrogen-bond donors (Lipinski definition) is 0. The molecule has 1 aromatic carbocycles. The van der Waals surface area contributed by atoms with Gasteiger partial charge >= 0.3 is 0 Å².